The van der Waals surface area contributed by atoms with Crippen LogP contribution in [0, 0.1) is 6.92 Å². The van der Waals surface area contributed by atoms with Crippen LogP contribution in [-0.2, 0) is 4.79 Å². The van der Waals surface area contributed by atoms with Gasteiger partial charge in [-0.15, -0.1) is 0 Å². The third-order valence-corrected chi connectivity index (χ3v) is 4.82. The Morgan fingerprint density at radius 3 is 2.82 bits per heavy atom. The van der Waals surface area contributed by atoms with Crippen molar-refractivity contribution in [2.75, 3.05) is 20.2 Å². The summed E-state index contributed by atoms with van der Waals surface area (Å²) in [6, 6.07) is 5.23. The summed E-state index contributed by atoms with van der Waals surface area (Å²) in [7, 11) is 1.61. The molecule has 2 aliphatic rings. The van der Waals surface area contributed by atoms with E-state index in [9.17, 15) is 9.59 Å². The fraction of sp³-hybridized carbons (Fsp3) is 0.529. The zero-order chi connectivity index (χ0) is 15.9. The van der Waals surface area contributed by atoms with Crippen LogP contribution >= 0.6 is 0 Å². The number of benzene rings is 1. The largest absolute Gasteiger partial charge is 0.497 e. The maximum absolute atomic E-state index is 12.9. The lowest BCUT2D eigenvalue weighted by atomic mass is 10.0. The Hall–Kier alpha value is -2.04. The predicted octanol–water partition coefficient (Wildman–Crippen LogP) is 1.84. The number of methoxy groups -OCH3 is 1. The van der Waals surface area contributed by atoms with Gasteiger partial charge in [0.15, 0.2) is 0 Å². The third kappa shape index (κ3) is 2.34. The van der Waals surface area contributed by atoms with E-state index in [4.69, 9.17) is 4.74 Å². The number of carbonyl (C=O) groups excluding carboxylic acids is 2. The van der Waals surface area contributed by atoms with Gasteiger partial charge in [0.2, 0.25) is 5.91 Å². The molecular weight excluding hydrogens is 280 g/mol. The van der Waals surface area contributed by atoms with Crippen LogP contribution in [0.25, 0.3) is 0 Å². The highest BCUT2D eigenvalue weighted by Crippen LogP contribution is 2.28. The Labute approximate surface area is 130 Å². The summed E-state index contributed by atoms with van der Waals surface area (Å²) in [6.45, 7) is 5.19. The number of nitrogens with zero attached hydrogens (tertiary/aromatic N) is 2. The van der Waals surface area contributed by atoms with E-state index in [1.54, 1.807) is 24.1 Å². The van der Waals surface area contributed by atoms with Crippen molar-refractivity contribution < 1.29 is 14.3 Å². The second-order valence-corrected chi connectivity index (χ2v) is 6.14. The molecule has 1 aromatic rings. The first-order valence-electron chi connectivity index (χ1n) is 7.79. The predicted molar refractivity (Wildman–Crippen MR) is 83.0 cm³/mol. The normalized spacial score (nSPS) is 24.4. The van der Waals surface area contributed by atoms with E-state index in [1.165, 1.54) is 0 Å². The summed E-state index contributed by atoms with van der Waals surface area (Å²) in [5, 5.41) is 0. The first kappa shape index (κ1) is 14.9. The van der Waals surface area contributed by atoms with Crippen LogP contribution in [0.15, 0.2) is 18.2 Å². The molecule has 0 N–H and O–H groups in total. The van der Waals surface area contributed by atoms with Crippen LogP contribution in [0.3, 0.4) is 0 Å². The first-order chi connectivity index (χ1) is 10.5. The van der Waals surface area contributed by atoms with Crippen molar-refractivity contribution >= 4 is 11.8 Å². The summed E-state index contributed by atoms with van der Waals surface area (Å²) in [5.74, 6) is 0.750. The van der Waals surface area contributed by atoms with Crippen LogP contribution in [0.1, 0.15) is 35.7 Å². The minimum atomic E-state index is -0.386. The van der Waals surface area contributed by atoms with Gasteiger partial charge in [0.1, 0.15) is 11.8 Å². The summed E-state index contributed by atoms with van der Waals surface area (Å²) in [6.07, 6.45) is 2.02. The molecule has 2 heterocycles. The molecule has 2 fully saturated rings. The van der Waals surface area contributed by atoms with Gasteiger partial charge in [-0.25, -0.2) is 0 Å². The lowest BCUT2D eigenvalue weighted by Gasteiger charge is -2.41. The van der Waals surface area contributed by atoms with Crippen molar-refractivity contribution in [1.82, 2.24) is 9.80 Å². The molecule has 3 rings (SSSR count). The van der Waals surface area contributed by atoms with Gasteiger partial charge in [-0.05, 0) is 50.5 Å². The maximum atomic E-state index is 12.9. The van der Waals surface area contributed by atoms with E-state index in [1.807, 2.05) is 24.8 Å². The smallest absolute Gasteiger partial charge is 0.254 e. The molecule has 0 aromatic heterocycles. The van der Waals surface area contributed by atoms with E-state index >= 15 is 0 Å². The summed E-state index contributed by atoms with van der Waals surface area (Å²) in [5.41, 5.74) is 1.52. The Balaban J connectivity index is 1.86. The average molecular weight is 302 g/mol. The molecule has 1 aromatic carbocycles. The molecule has 0 spiro atoms. The van der Waals surface area contributed by atoms with E-state index in [-0.39, 0.29) is 23.9 Å². The highest BCUT2D eigenvalue weighted by Gasteiger charge is 2.42. The van der Waals surface area contributed by atoms with Crippen molar-refractivity contribution in [3.05, 3.63) is 29.3 Å². The third-order valence-electron chi connectivity index (χ3n) is 4.82. The van der Waals surface area contributed by atoms with Crippen LogP contribution in [0.4, 0.5) is 0 Å². The second-order valence-electron chi connectivity index (χ2n) is 6.14. The van der Waals surface area contributed by atoms with Gasteiger partial charge in [0.05, 0.1) is 7.11 Å². The molecule has 0 saturated carbocycles. The number of hydrogen-bond acceptors (Lipinski definition) is 3. The van der Waals surface area contributed by atoms with Crippen molar-refractivity contribution in [2.45, 2.75) is 38.8 Å². The number of carbonyl (C=O) groups is 2. The van der Waals surface area contributed by atoms with Gasteiger partial charge in [0.25, 0.3) is 5.91 Å². The number of piperazine rings is 1. The molecule has 22 heavy (non-hydrogen) atoms. The maximum Gasteiger partial charge on any atom is 0.254 e. The zero-order valence-electron chi connectivity index (χ0n) is 13.3. The minimum Gasteiger partial charge on any atom is -0.497 e. The molecule has 5 heteroatoms. The van der Waals surface area contributed by atoms with E-state index < -0.39 is 0 Å². The first-order valence-corrected chi connectivity index (χ1v) is 7.79. The summed E-state index contributed by atoms with van der Waals surface area (Å²) < 4.78 is 5.18. The van der Waals surface area contributed by atoms with Crippen LogP contribution in [-0.4, -0.2) is 53.9 Å². The topological polar surface area (TPSA) is 49.9 Å². The van der Waals surface area contributed by atoms with Crippen LogP contribution < -0.4 is 4.74 Å². The van der Waals surface area contributed by atoms with Gasteiger partial charge < -0.3 is 14.5 Å². The molecule has 0 aliphatic carbocycles. The number of ether oxygens (including phenoxy) is 1. The molecule has 2 saturated heterocycles. The standard InChI is InChI=1S/C17H22N2O3/c1-11-9-14(22-3)6-7-15(11)17(21)19-10-13-5-4-8-18(13)16(20)12(19)2/h6-7,9,12-13H,4-5,8,10H2,1-3H3/t12-,13-/m0/s1. The Morgan fingerprint density at radius 1 is 1.36 bits per heavy atom. The van der Waals surface area contributed by atoms with Gasteiger partial charge in [-0.3, -0.25) is 9.59 Å². The van der Waals surface area contributed by atoms with E-state index in [0.29, 0.717) is 12.1 Å². The SMILES string of the molecule is COc1ccc(C(=O)N2C[C@@H]3CCCN3C(=O)[C@@H]2C)c(C)c1. The minimum absolute atomic E-state index is 0.0625. The zero-order valence-corrected chi connectivity index (χ0v) is 13.3. The molecule has 0 radical (unpaired) electrons. The van der Waals surface area contributed by atoms with Gasteiger partial charge in [-0.2, -0.15) is 0 Å². The molecular formula is C17H22N2O3. The highest BCUT2D eigenvalue weighted by atomic mass is 16.5. The van der Waals surface area contributed by atoms with E-state index in [0.717, 1.165) is 30.7 Å². The molecule has 2 atom stereocenters. The van der Waals surface area contributed by atoms with Gasteiger partial charge in [-0.1, -0.05) is 0 Å². The monoisotopic (exact) mass is 302 g/mol. The highest BCUT2D eigenvalue weighted by molar-refractivity contribution is 5.99. The Kier molecular flexibility index (Phi) is 3.81. The molecule has 0 bridgehead atoms. The molecule has 2 amide bonds. The van der Waals surface area contributed by atoms with Crippen molar-refractivity contribution in [3.8, 4) is 5.75 Å². The van der Waals surface area contributed by atoms with Gasteiger partial charge in [0, 0.05) is 24.7 Å². The lowest BCUT2D eigenvalue weighted by Crippen LogP contribution is -2.60. The summed E-state index contributed by atoms with van der Waals surface area (Å²) >= 11 is 0. The number of aryl methyl sites for hydroxylation is 1. The fourth-order valence-electron chi connectivity index (χ4n) is 3.49. The van der Waals surface area contributed by atoms with E-state index in [2.05, 4.69) is 0 Å². The van der Waals surface area contributed by atoms with Crippen LogP contribution in [0.5, 0.6) is 5.75 Å². The number of fused-ring (bicyclic) bond motifs is 1. The van der Waals surface area contributed by atoms with Crippen molar-refractivity contribution in [2.24, 2.45) is 0 Å². The van der Waals surface area contributed by atoms with Crippen molar-refractivity contribution in [1.29, 1.82) is 0 Å². The van der Waals surface area contributed by atoms with Gasteiger partial charge >= 0.3 is 0 Å². The van der Waals surface area contributed by atoms with Crippen molar-refractivity contribution in [3.63, 3.8) is 0 Å². The Bertz CT molecular complexity index is 614. The number of hydrogen-bond donors (Lipinski definition) is 0. The summed E-state index contributed by atoms with van der Waals surface area (Å²) in [4.78, 5) is 29.0. The molecule has 5 nitrogen and oxygen atoms in total. The second kappa shape index (κ2) is 5.63. The average Bonchev–Trinajstić information content (AvgIpc) is 2.98. The Morgan fingerprint density at radius 2 is 2.14 bits per heavy atom. The molecule has 2 aliphatic heterocycles. The number of amides is 2. The number of rotatable bonds is 2. The molecule has 118 valence electrons. The molecule has 0 unspecified atom stereocenters. The quantitative estimate of drug-likeness (QED) is 0.837. The van der Waals surface area contributed by atoms with Crippen LogP contribution in [0.2, 0.25) is 0 Å². The lowest BCUT2D eigenvalue weighted by molar-refractivity contribution is -0.141. The fourth-order valence-corrected chi connectivity index (χ4v) is 3.49.